The number of fused-ring (bicyclic) bond motifs is 1. The van der Waals surface area contributed by atoms with Crippen molar-refractivity contribution in [1.82, 2.24) is 10.3 Å². The molecule has 2 saturated heterocycles. The van der Waals surface area contributed by atoms with Crippen molar-refractivity contribution in [3.63, 3.8) is 0 Å². The summed E-state index contributed by atoms with van der Waals surface area (Å²) >= 11 is 0. The van der Waals surface area contributed by atoms with E-state index < -0.39 is 5.91 Å². The van der Waals surface area contributed by atoms with Gasteiger partial charge in [-0.15, -0.1) is 0 Å². The Morgan fingerprint density at radius 3 is 3.24 bits per heavy atom. The number of aromatic nitrogens is 1. The SMILES string of the molecule is NC(=O)c1ccnc(N2CC[C@@H]3CNC[C@@H]32)c1. The average molecular weight is 232 g/mol. The molecule has 0 aliphatic carbocycles. The number of primary amides is 1. The summed E-state index contributed by atoms with van der Waals surface area (Å²) in [6.07, 6.45) is 2.85. The predicted molar refractivity (Wildman–Crippen MR) is 64.9 cm³/mol. The number of hydrogen-bond acceptors (Lipinski definition) is 4. The first-order valence-corrected chi connectivity index (χ1v) is 5.99. The van der Waals surface area contributed by atoms with Crippen LogP contribution in [0.4, 0.5) is 5.82 Å². The van der Waals surface area contributed by atoms with Gasteiger partial charge in [-0.2, -0.15) is 0 Å². The molecule has 3 heterocycles. The van der Waals surface area contributed by atoms with E-state index >= 15 is 0 Å². The fourth-order valence-corrected chi connectivity index (χ4v) is 2.86. The summed E-state index contributed by atoms with van der Waals surface area (Å²) in [5.41, 5.74) is 5.82. The molecule has 0 unspecified atom stereocenters. The molecule has 3 rings (SSSR count). The summed E-state index contributed by atoms with van der Waals surface area (Å²) in [6, 6.07) is 3.97. The highest BCUT2D eigenvalue weighted by molar-refractivity contribution is 5.93. The molecule has 2 atom stereocenters. The first kappa shape index (κ1) is 10.5. The second-order valence-electron chi connectivity index (χ2n) is 4.73. The molecule has 1 aromatic rings. The molecule has 1 aromatic heterocycles. The summed E-state index contributed by atoms with van der Waals surface area (Å²) in [6.45, 7) is 3.12. The van der Waals surface area contributed by atoms with Gasteiger partial charge in [-0.25, -0.2) is 4.98 Å². The van der Waals surface area contributed by atoms with Gasteiger partial charge in [0.1, 0.15) is 5.82 Å². The number of anilines is 1. The third-order valence-electron chi connectivity index (χ3n) is 3.77. The van der Waals surface area contributed by atoms with Crippen LogP contribution in [0, 0.1) is 5.92 Å². The number of rotatable bonds is 2. The monoisotopic (exact) mass is 232 g/mol. The third-order valence-corrected chi connectivity index (χ3v) is 3.77. The number of hydrogen-bond donors (Lipinski definition) is 2. The maximum Gasteiger partial charge on any atom is 0.248 e. The van der Waals surface area contributed by atoms with Crippen molar-refractivity contribution in [2.75, 3.05) is 24.5 Å². The zero-order valence-corrected chi connectivity index (χ0v) is 9.60. The van der Waals surface area contributed by atoms with Crippen LogP contribution in [-0.2, 0) is 0 Å². The molecule has 0 spiro atoms. The Bertz CT molecular complexity index is 448. The summed E-state index contributed by atoms with van der Waals surface area (Å²) in [4.78, 5) is 17.8. The fourth-order valence-electron chi connectivity index (χ4n) is 2.86. The highest BCUT2D eigenvalue weighted by Gasteiger charge is 2.38. The second-order valence-corrected chi connectivity index (χ2v) is 4.73. The van der Waals surface area contributed by atoms with Gasteiger partial charge in [0.15, 0.2) is 0 Å². The lowest BCUT2D eigenvalue weighted by Crippen LogP contribution is -2.34. The predicted octanol–water partition coefficient (Wildman–Crippen LogP) is -0.0214. The molecule has 90 valence electrons. The molecule has 5 heteroatoms. The molecule has 3 N–H and O–H groups in total. The van der Waals surface area contributed by atoms with Crippen LogP contribution in [-0.4, -0.2) is 36.6 Å². The minimum Gasteiger partial charge on any atom is -0.366 e. The van der Waals surface area contributed by atoms with Crippen molar-refractivity contribution >= 4 is 11.7 Å². The third kappa shape index (κ3) is 1.76. The van der Waals surface area contributed by atoms with Crippen molar-refractivity contribution in [3.05, 3.63) is 23.9 Å². The molecule has 2 aliphatic rings. The summed E-state index contributed by atoms with van der Waals surface area (Å²) in [5, 5.41) is 3.40. The van der Waals surface area contributed by atoms with E-state index in [-0.39, 0.29) is 0 Å². The molecule has 0 aromatic carbocycles. The van der Waals surface area contributed by atoms with E-state index in [4.69, 9.17) is 5.73 Å². The van der Waals surface area contributed by atoms with Crippen molar-refractivity contribution in [2.24, 2.45) is 11.7 Å². The number of carbonyl (C=O) groups is 1. The van der Waals surface area contributed by atoms with Crippen molar-refractivity contribution in [3.8, 4) is 0 Å². The number of nitrogens with one attached hydrogen (secondary N) is 1. The molecule has 0 saturated carbocycles. The van der Waals surface area contributed by atoms with Gasteiger partial charge >= 0.3 is 0 Å². The van der Waals surface area contributed by atoms with Crippen LogP contribution < -0.4 is 16.0 Å². The zero-order valence-electron chi connectivity index (χ0n) is 9.60. The van der Waals surface area contributed by atoms with Crippen molar-refractivity contribution in [2.45, 2.75) is 12.5 Å². The summed E-state index contributed by atoms with van der Waals surface area (Å²) in [5.74, 6) is 1.19. The molecular formula is C12H16N4O. The largest absolute Gasteiger partial charge is 0.366 e. The van der Waals surface area contributed by atoms with E-state index in [1.165, 1.54) is 6.42 Å². The first-order chi connectivity index (χ1) is 8.25. The zero-order chi connectivity index (χ0) is 11.8. The normalized spacial score (nSPS) is 27.2. The average Bonchev–Trinajstić information content (AvgIpc) is 2.90. The highest BCUT2D eigenvalue weighted by Crippen LogP contribution is 2.30. The number of carbonyl (C=O) groups excluding carboxylic acids is 1. The van der Waals surface area contributed by atoms with Gasteiger partial charge in [0, 0.05) is 37.4 Å². The van der Waals surface area contributed by atoms with Crippen molar-refractivity contribution < 1.29 is 4.79 Å². The fraction of sp³-hybridized carbons (Fsp3) is 0.500. The number of pyridine rings is 1. The Hall–Kier alpha value is -1.62. The molecule has 1 amide bonds. The van der Waals surface area contributed by atoms with Crippen LogP contribution in [0.25, 0.3) is 0 Å². The first-order valence-electron chi connectivity index (χ1n) is 5.99. The smallest absolute Gasteiger partial charge is 0.248 e. The molecule has 2 aliphatic heterocycles. The van der Waals surface area contributed by atoms with Gasteiger partial charge in [-0.3, -0.25) is 4.79 Å². The van der Waals surface area contributed by atoms with E-state index in [9.17, 15) is 4.79 Å². The molecule has 2 fully saturated rings. The Morgan fingerprint density at radius 2 is 2.41 bits per heavy atom. The van der Waals surface area contributed by atoms with E-state index in [1.54, 1.807) is 18.3 Å². The van der Waals surface area contributed by atoms with E-state index in [0.29, 0.717) is 17.5 Å². The molecule has 0 radical (unpaired) electrons. The van der Waals surface area contributed by atoms with E-state index in [0.717, 1.165) is 25.5 Å². The summed E-state index contributed by atoms with van der Waals surface area (Å²) in [7, 11) is 0. The maximum atomic E-state index is 11.2. The van der Waals surface area contributed by atoms with Crippen LogP contribution in [0.15, 0.2) is 18.3 Å². The lowest BCUT2D eigenvalue weighted by Gasteiger charge is -2.24. The van der Waals surface area contributed by atoms with E-state index in [1.807, 2.05) is 0 Å². The Balaban J connectivity index is 1.88. The van der Waals surface area contributed by atoms with Gasteiger partial charge in [-0.1, -0.05) is 0 Å². The van der Waals surface area contributed by atoms with Crippen LogP contribution >= 0.6 is 0 Å². The van der Waals surface area contributed by atoms with Crippen LogP contribution in [0.1, 0.15) is 16.8 Å². The van der Waals surface area contributed by atoms with Gasteiger partial charge in [0.05, 0.1) is 0 Å². The number of nitrogens with two attached hydrogens (primary N) is 1. The number of amides is 1. The van der Waals surface area contributed by atoms with Crippen molar-refractivity contribution in [1.29, 1.82) is 0 Å². The lowest BCUT2D eigenvalue weighted by atomic mass is 10.1. The quantitative estimate of drug-likeness (QED) is 0.751. The van der Waals surface area contributed by atoms with Gasteiger partial charge in [0.25, 0.3) is 0 Å². The molecule has 5 nitrogen and oxygen atoms in total. The van der Waals surface area contributed by atoms with Crippen LogP contribution in [0.3, 0.4) is 0 Å². The summed E-state index contributed by atoms with van der Waals surface area (Å²) < 4.78 is 0. The van der Waals surface area contributed by atoms with Crippen LogP contribution in [0.2, 0.25) is 0 Å². The molecule has 17 heavy (non-hydrogen) atoms. The maximum absolute atomic E-state index is 11.2. The molecular weight excluding hydrogens is 216 g/mol. The molecule has 0 bridgehead atoms. The minimum absolute atomic E-state index is 0.394. The Labute approximate surface area is 100 Å². The van der Waals surface area contributed by atoms with Crippen LogP contribution in [0.5, 0.6) is 0 Å². The van der Waals surface area contributed by atoms with E-state index in [2.05, 4.69) is 15.2 Å². The lowest BCUT2D eigenvalue weighted by molar-refractivity contribution is 0.1000. The Kier molecular flexibility index (Phi) is 2.48. The highest BCUT2D eigenvalue weighted by atomic mass is 16.1. The topological polar surface area (TPSA) is 71.2 Å². The standard InChI is InChI=1S/C12H16N4O/c13-12(17)8-1-3-15-11(5-8)16-4-2-9-6-14-7-10(9)16/h1,3,5,9-10,14H,2,4,6-7H2,(H2,13,17)/t9-,10+/m1/s1. The van der Waals surface area contributed by atoms with Gasteiger partial charge < -0.3 is 16.0 Å². The van der Waals surface area contributed by atoms with Gasteiger partial charge in [-0.05, 0) is 24.5 Å². The number of nitrogens with zero attached hydrogens (tertiary/aromatic N) is 2. The van der Waals surface area contributed by atoms with Gasteiger partial charge in [0.2, 0.25) is 5.91 Å². The minimum atomic E-state index is -0.394. The Morgan fingerprint density at radius 1 is 1.53 bits per heavy atom. The second kappa shape index (κ2) is 4.00.